The molecule has 4 atom stereocenters. The zero-order chi connectivity index (χ0) is 49.3. The van der Waals surface area contributed by atoms with Crippen LogP contribution in [-0.2, 0) is 8.54 Å². The lowest BCUT2D eigenvalue weighted by Crippen LogP contribution is -2.55. The molecule has 4 rings (SSSR count). The van der Waals surface area contributed by atoms with Gasteiger partial charge < -0.3 is 45.0 Å². The third-order valence-corrected chi connectivity index (χ3v) is 19.1. The number of nitrogens with zero attached hydrogens (tertiary/aromatic N) is 2. The highest BCUT2D eigenvalue weighted by Crippen LogP contribution is 2.47. The second kappa shape index (κ2) is 21.9. The average molecular weight is 958 g/mol. The Morgan fingerprint density at radius 2 is 1.33 bits per heavy atom. The van der Waals surface area contributed by atoms with Gasteiger partial charge in [-0.05, 0) is 113 Å². The van der Waals surface area contributed by atoms with Crippen molar-refractivity contribution in [3.8, 4) is 0 Å². The van der Waals surface area contributed by atoms with Crippen molar-refractivity contribution in [1.82, 2.24) is 46.4 Å². The average Bonchev–Trinajstić information content (AvgIpc) is 3.13. The third kappa shape index (κ3) is 18.2. The highest BCUT2D eigenvalue weighted by Gasteiger charge is 2.44. The molecule has 2 heterocycles. The van der Waals surface area contributed by atoms with Gasteiger partial charge in [-0.15, -0.1) is 0 Å². The molecule has 9 N–H and O–H groups in total. The number of amides is 8. The number of aryl methyl sites for hydroxylation is 2. The molecule has 2 fully saturated rings. The minimum atomic E-state index is -2.27. The highest BCUT2D eigenvalue weighted by atomic mass is 28.4. The molecule has 2 aliphatic carbocycles. The number of urea groups is 4. The molecule has 0 aliphatic heterocycles. The number of aromatic nitrogens is 3. The van der Waals surface area contributed by atoms with Crippen molar-refractivity contribution in [3.05, 3.63) is 50.2 Å². The zero-order valence-electron chi connectivity index (χ0n) is 41.7. The fraction of sp³-hybridized carbons (Fsp3) is 0.711. The van der Waals surface area contributed by atoms with Crippen molar-refractivity contribution < 1.29 is 27.7 Å². The molecule has 2 aromatic rings. The summed E-state index contributed by atoms with van der Waals surface area (Å²) in [5, 5.41) is 20.7. The summed E-state index contributed by atoms with van der Waals surface area (Å²) < 4.78 is 12.2. The maximum absolute atomic E-state index is 14.3. The fourth-order valence-electron chi connectivity index (χ4n) is 10.6. The van der Waals surface area contributed by atoms with E-state index < -0.39 is 28.9 Å². The smallest absolute Gasteiger partial charge is 0.321 e. The summed E-state index contributed by atoms with van der Waals surface area (Å²) in [5.74, 6) is 0.385. The molecular formula is C45H79N11O8Si2. The van der Waals surface area contributed by atoms with Crippen LogP contribution in [-0.4, -0.2) is 113 Å². The van der Waals surface area contributed by atoms with E-state index in [0.717, 1.165) is 31.7 Å². The summed E-state index contributed by atoms with van der Waals surface area (Å²) in [6.45, 7) is 26.4. The molecule has 8 amide bonds. The van der Waals surface area contributed by atoms with Crippen molar-refractivity contribution in [1.29, 1.82) is 0 Å². The lowest BCUT2D eigenvalue weighted by Gasteiger charge is -2.47. The van der Waals surface area contributed by atoms with Crippen LogP contribution < -0.4 is 48.2 Å². The van der Waals surface area contributed by atoms with Gasteiger partial charge in [0.1, 0.15) is 5.82 Å². The van der Waals surface area contributed by atoms with E-state index >= 15 is 0 Å². The van der Waals surface area contributed by atoms with E-state index in [2.05, 4.69) is 107 Å². The van der Waals surface area contributed by atoms with E-state index in [0.29, 0.717) is 56.1 Å². The number of carbonyl (C=O) groups is 4. The van der Waals surface area contributed by atoms with Gasteiger partial charge in [0.25, 0.3) is 5.56 Å². The molecule has 0 bridgehead atoms. The second-order valence-electron chi connectivity index (χ2n) is 22.2. The van der Waals surface area contributed by atoms with E-state index in [1.807, 2.05) is 13.1 Å². The summed E-state index contributed by atoms with van der Waals surface area (Å²) in [6, 6.07) is 3.17. The van der Waals surface area contributed by atoms with E-state index in [9.17, 15) is 28.8 Å². The molecular weight excluding hydrogens is 879 g/mol. The van der Waals surface area contributed by atoms with E-state index in [4.69, 9.17) is 8.54 Å². The minimum absolute atomic E-state index is 0.0682. The van der Waals surface area contributed by atoms with Gasteiger partial charge >= 0.3 is 32.7 Å². The molecule has 0 saturated heterocycles. The monoisotopic (exact) mass is 958 g/mol. The van der Waals surface area contributed by atoms with Crippen molar-refractivity contribution in [3.63, 3.8) is 0 Å². The van der Waals surface area contributed by atoms with Gasteiger partial charge in [0.2, 0.25) is 5.95 Å². The van der Waals surface area contributed by atoms with E-state index in [1.165, 1.54) is 18.2 Å². The van der Waals surface area contributed by atoms with Crippen LogP contribution in [0.15, 0.2) is 27.8 Å². The van der Waals surface area contributed by atoms with Crippen LogP contribution in [0, 0.1) is 35.5 Å². The van der Waals surface area contributed by atoms with Crippen LogP contribution in [0.25, 0.3) is 0 Å². The standard InChI is InChI=1S/C45H79N11O8Si2/c1-30-19-34(57)21-35(49-30)53-39(60)47-28-44(7)24-32(22-42(3,4)26-44)51-38(59)46-15-17-56(16-14-18-65(10,11)64-66(12,13)63-9)41(62)52-33-23-43(5,6)27-45(8,25-33)29-48-40(61)55-37-50-31(2)20-36(58)54-37/h19-21,32-33H,14-18,22-29H2,1-13H3,(H,52,62)(H2,46,51,59)(H3,47,49,53,57,60)(H3,48,50,54,55,58,61). The maximum atomic E-state index is 14.3. The Labute approximate surface area is 392 Å². The van der Waals surface area contributed by atoms with Crippen molar-refractivity contribution in [2.45, 2.75) is 145 Å². The molecule has 0 spiro atoms. The van der Waals surface area contributed by atoms with Crippen LogP contribution in [0.2, 0.25) is 32.2 Å². The van der Waals surface area contributed by atoms with Crippen LogP contribution in [0.5, 0.6) is 0 Å². The van der Waals surface area contributed by atoms with Crippen molar-refractivity contribution in [2.24, 2.45) is 21.7 Å². The lowest BCUT2D eigenvalue weighted by atomic mass is 9.62. The number of hydrogen-bond acceptors (Lipinski definition) is 9. The molecule has 4 unspecified atom stereocenters. The summed E-state index contributed by atoms with van der Waals surface area (Å²) in [6.07, 6.45) is 5.14. The fourth-order valence-corrected chi connectivity index (χ4v) is 17.7. The molecule has 19 nitrogen and oxygen atoms in total. The third-order valence-electron chi connectivity index (χ3n) is 12.4. The SMILES string of the molecule is CO[Si](C)(C)O[Si](C)(C)CCCN(CCNC(=O)NC1CC(C)(C)CC(C)(CNC(=O)Nc2cc(=O)cc(C)[nH]2)C1)C(=O)NC1CC(C)(C)CC(C)(CNC(=O)Nc2nc(C)cc(=O)[nH]2)C1. The first-order valence-corrected chi connectivity index (χ1v) is 29.1. The maximum Gasteiger partial charge on any atom is 0.321 e. The Bertz CT molecular complexity index is 2150. The molecule has 21 heteroatoms. The zero-order valence-corrected chi connectivity index (χ0v) is 43.7. The number of H-pyrrole nitrogens is 2. The normalized spacial score (nSPS) is 22.6. The van der Waals surface area contributed by atoms with Gasteiger partial charge in [0.05, 0.1) is 0 Å². The topological polar surface area (TPSA) is 253 Å². The largest absolute Gasteiger partial charge is 0.436 e. The summed E-state index contributed by atoms with van der Waals surface area (Å²) in [7, 11) is -2.71. The summed E-state index contributed by atoms with van der Waals surface area (Å²) in [4.78, 5) is 88.8. The number of carbonyl (C=O) groups excluding carboxylic acids is 4. The highest BCUT2D eigenvalue weighted by molar-refractivity contribution is 6.82. The number of hydrogen-bond donors (Lipinski definition) is 9. The minimum Gasteiger partial charge on any atom is -0.436 e. The predicted octanol–water partition coefficient (Wildman–Crippen LogP) is 6.46. The van der Waals surface area contributed by atoms with Crippen molar-refractivity contribution in [2.75, 3.05) is 50.5 Å². The van der Waals surface area contributed by atoms with Gasteiger partial charge in [-0.3, -0.25) is 25.2 Å². The Morgan fingerprint density at radius 3 is 1.89 bits per heavy atom. The molecule has 2 saturated carbocycles. The van der Waals surface area contributed by atoms with Gasteiger partial charge in [-0.1, -0.05) is 41.5 Å². The Morgan fingerprint density at radius 1 is 0.758 bits per heavy atom. The Hall–Kier alpha value is -4.74. The van der Waals surface area contributed by atoms with Gasteiger partial charge in [-0.25, -0.2) is 24.2 Å². The Kier molecular flexibility index (Phi) is 17.9. The number of rotatable bonds is 18. The molecule has 0 aromatic carbocycles. The Balaban J connectivity index is 1.37. The number of nitrogens with one attached hydrogen (secondary N) is 9. The summed E-state index contributed by atoms with van der Waals surface area (Å²) >= 11 is 0. The van der Waals surface area contributed by atoms with Crippen molar-refractivity contribution >= 4 is 52.8 Å². The number of anilines is 2. The van der Waals surface area contributed by atoms with Crippen LogP contribution >= 0.6 is 0 Å². The first-order valence-electron chi connectivity index (χ1n) is 23.2. The second-order valence-corrected chi connectivity index (χ2v) is 30.2. The number of aromatic amines is 2. The van der Waals surface area contributed by atoms with Gasteiger partial charge in [0, 0.05) is 81.5 Å². The van der Waals surface area contributed by atoms with Gasteiger partial charge in [-0.2, -0.15) is 0 Å². The van der Waals surface area contributed by atoms with Gasteiger partial charge in [0.15, 0.2) is 13.7 Å². The molecule has 0 radical (unpaired) electrons. The first-order chi connectivity index (χ1) is 30.4. The quantitative estimate of drug-likeness (QED) is 0.0743. The summed E-state index contributed by atoms with van der Waals surface area (Å²) in [5.41, 5.74) is -0.364. The molecule has 66 heavy (non-hydrogen) atoms. The molecule has 2 aliphatic rings. The van der Waals surface area contributed by atoms with Crippen LogP contribution in [0.3, 0.4) is 0 Å². The van der Waals surface area contributed by atoms with Crippen LogP contribution in [0.4, 0.5) is 30.9 Å². The van der Waals surface area contributed by atoms with E-state index in [-0.39, 0.29) is 75.8 Å². The molecule has 2 aromatic heterocycles. The molecule has 370 valence electrons. The van der Waals surface area contributed by atoms with Crippen LogP contribution in [0.1, 0.15) is 97.9 Å². The van der Waals surface area contributed by atoms with E-state index in [1.54, 1.807) is 25.9 Å². The predicted molar refractivity (Wildman–Crippen MR) is 264 cm³/mol. The lowest BCUT2D eigenvalue weighted by molar-refractivity contribution is 0.0724. The first kappa shape index (κ1) is 53.9. The number of pyridine rings is 1.